The lowest BCUT2D eigenvalue weighted by molar-refractivity contribution is -0.120. The highest BCUT2D eigenvalue weighted by Gasteiger charge is 2.35. The van der Waals surface area contributed by atoms with Crippen molar-refractivity contribution in [2.75, 3.05) is 11.9 Å². The molecule has 1 saturated carbocycles. The predicted octanol–water partition coefficient (Wildman–Crippen LogP) is 3.22. The van der Waals surface area contributed by atoms with Gasteiger partial charge in [0.05, 0.1) is 6.54 Å². The SMILES string of the molecule is CC1(C)CCCC1NC(=O)CNc1ccccc1.Cl. The molecule has 106 valence electrons. The number of rotatable bonds is 4. The number of nitrogens with one attached hydrogen (secondary N) is 2. The lowest BCUT2D eigenvalue weighted by atomic mass is 9.87. The average molecular weight is 283 g/mol. The van der Waals surface area contributed by atoms with Gasteiger partial charge < -0.3 is 10.6 Å². The van der Waals surface area contributed by atoms with Gasteiger partial charge in [-0.3, -0.25) is 4.79 Å². The largest absolute Gasteiger partial charge is 0.376 e. The van der Waals surface area contributed by atoms with Crippen LogP contribution in [0.3, 0.4) is 0 Å². The maximum absolute atomic E-state index is 11.9. The Morgan fingerprint density at radius 1 is 1.32 bits per heavy atom. The van der Waals surface area contributed by atoms with Crippen LogP contribution >= 0.6 is 12.4 Å². The van der Waals surface area contributed by atoms with Crippen LogP contribution in [0.1, 0.15) is 33.1 Å². The fraction of sp³-hybridized carbons (Fsp3) is 0.533. The van der Waals surface area contributed by atoms with Crippen molar-refractivity contribution in [3.63, 3.8) is 0 Å². The molecule has 1 fully saturated rings. The smallest absolute Gasteiger partial charge is 0.239 e. The normalized spacial score (nSPS) is 20.4. The number of anilines is 1. The summed E-state index contributed by atoms with van der Waals surface area (Å²) in [5.41, 5.74) is 1.22. The lowest BCUT2D eigenvalue weighted by Gasteiger charge is -2.27. The fourth-order valence-electron chi connectivity index (χ4n) is 2.58. The van der Waals surface area contributed by atoms with Gasteiger partial charge in [-0.25, -0.2) is 0 Å². The quantitative estimate of drug-likeness (QED) is 0.890. The molecule has 2 rings (SSSR count). The van der Waals surface area contributed by atoms with Crippen LogP contribution in [-0.4, -0.2) is 18.5 Å². The van der Waals surface area contributed by atoms with Crippen molar-refractivity contribution in [3.8, 4) is 0 Å². The first-order chi connectivity index (χ1) is 8.58. The number of carbonyl (C=O) groups is 1. The van der Waals surface area contributed by atoms with E-state index in [2.05, 4.69) is 24.5 Å². The van der Waals surface area contributed by atoms with Crippen LogP contribution in [-0.2, 0) is 4.79 Å². The Bertz CT molecular complexity index is 406. The Labute approximate surface area is 121 Å². The Morgan fingerprint density at radius 3 is 2.58 bits per heavy atom. The molecule has 0 heterocycles. The summed E-state index contributed by atoms with van der Waals surface area (Å²) in [6.45, 7) is 4.81. The molecule has 0 aliphatic heterocycles. The van der Waals surface area contributed by atoms with Gasteiger partial charge in [-0.15, -0.1) is 12.4 Å². The van der Waals surface area contributed by atoms with Crippen molar-refractivity contribution < 1.29 is 4.79 Å². The van der Waals surface area contributed by atoms with E-state index < -0.39 is 0 Å². The maximum Gasteiger partial charge on any atom is 0.239 e. The molecule has 1 aliphatic carbocycles. The van der Waals surface area contributed by atoms with Crippen molar-refractivity contribution >= 4 is 24.0 Å². The molecule has 1 aromatic carbocycles. The maximum atomic E-state index is 11.9. The Hall–Kier alpha value is -1.22. The van der Waals surface area contributed by atoms with Crippen molar-refractivity contribution in [1.29, 1.82) is 0 Å². The molecule has 1 atom stereocenters. The van der Waals surface area contributed by atoms with Gasteiger partial charge in [0.2, 0.25) is 5.91 Å². The van der Waals surface area contributed by atoms with Crippen LogP contribution in [0.2, 0.25) is 0 Å². The number of hydrogen-bond acceptors (Lipinski definition) is 2. The number of para-hydroxylation sites is 1. The Kier molecular flexibility index (Phi) is 5.67. The second-order valence-corrected chi connectivity index (χ2v) is 5.72. The zero-order chi connectivity index (χ0) is 13.0. The summed E-state index contributed by atoms with van der Waals surface area (Å²) in [7, 11) is 0. The molecular weight excluding hydrogens is 260 g/mol. The summed E-state index contributed by atoms with van der Waals surface area (Å²) >= 11 is 0. The Morgan fingerprint density at radius 2 is 2.00 bits per heavy atom. The second kappa shape index (κ2) is 6.80. The van der Waals surface area contributed by atoms with Crippen molar-refractivity contribution in [2.24, 2.45) is 5.41 Å². The molecule has 0 saturated heterocycles. The monoisotopic (exact) mass is 282 g/mol. The van der Waals surface area contributed by atoms with Crippen molar-refractivity contribution in [3.05, 3.63) is 30.3 Å². The molecule has 0 spiro atoms. The summed E-state index contributed by atoms with van der Waals surface area (Å²) in [5, 5.41) is 6.27. The summed E-state index contributed by atoms with van der Waals surface area (Å²) in [5.74, 6) is 0.0822. The van der Waals surface area contributed by atoms with E-state index in [0.717, 1.165) is 12.1 Å². The number of carbonyl (C=O) groups excluding carboxylic acids is 1. The molecule has 0 aromatic heterocycles. The molecule has 0 radical (unpaired) electrons. The summed E-state index contributed by atoms with van der Waals surface area (Å²) in [6.07, 6.45) is 3.51. The van der Waals surface area contributed by atoms with Gasteiger partial charge >= 0.3 is 0 Å². The molecule has 0 bridgehead atoms. The van der Waals surface area contributed by atoms with Crippen LogP contribution in [0.4, 0.5) is 5.69 Å². The molecule has 4 heteroatoms. The van der Waals surface area contributed by atoms with E-state index in [9.17, 15) is 4.79 Å². The van der Waals surface area contributed by atoms with E-state index in [0.29, 0.717) is 12.6 Å². The Balaban J connectivity index is 0.00000180. The van der Waals surface area contributed by atoms with E-state index in [-0.39, 0.29) is 23.7 Å². The summed E-state index contributed by atoms with van der Waals surface area (Å²) < 4.78 is 0. The molecule has 1 aliphatic rings. The first-order valence-electron chi connectivity index (χ1n) is 6.66. The van der Waals surface area contributed by atoms with E-state index in [1.54, 1.807) is 0 Å². The number of hydrogen-bond donors (Lipinski definition) is 2. The number of halogens is 1. The van der Waals surface area contributed by atoms with Gasteiger partial charge in [0.25, 0.3) is 0 Å². The zero-order valence-electron chi connectivity index (χ0n) is 11.6. The summed E-state index contributed by atoms with van der Waals surface area (Å²) in [4.78, 5) is 11.9. The minimum absolute atomic E-state index is 0. The third-order valence-electron chi connectivity index (χ3n) is 3.82. The fourth-order valence-corrected chi connectivity index (χ4v) is 2.58. The predicted molar refractivity (Wildman–Crippen MR) is 81.7 cm³/mol. The summed E-state index contributed by atoms with van der Waals surface area (Å²) in [6, 6.07) is 10.1. The molecule has 19 heavy (non-hydrogen) atoms. The van der Waals surface area contributed by atoms with E-state index in [1.165, 1.54) is 12.8 Å². The molecule has 2 N–H and O–H groups in total. The zero-order valence-corrected chi connectivity index (χ0v) is 12.4. The standard InChI is InChI=1S/C15H22N2O.ClH/c1-15(2)10-6-9-13(15)17-14(18)11-16-12-7-4-3-5-8-12;/h3-5,7-8,13,16H,6,9-11H2,1-2H3,(H,17,18);1H. The number of amides is 1. The highest BCUT2D eigenvalue weighted by molar-refractivity contribution is 5.85. The van der Waals surface area contributed by atoms with Crippen LogP contribution < -0.4 is 10.6 Å². The van der Waals surface area contributed by atoms with Crippen LogP contribution in [0, 0.1) is 5.41 Å². The number of benzene rings is 1. The first kappa shape index (κ1) is 15.8. The highest BCUT2D eigenvalue weighted by atomic mass is 35.5. The lowest BCUT2D eigenvalue weighted by Crippen LogP contribution is -2.43. The van der Waals surface area contributed by atoms with E-state index in [4.69, 9.17) is 0 Å². The second-order valence-electron chi connectivity index (χ2n) is 5.72. The molecule has 1 aromatic rings. The molecule has 1 unspecified atom stereocenters. The minimum atomic E-state index is 0. The van der Waals surface area contributed by atoms with Gasteiger partial charge in [0, 0.05) is 11.7 Å². The third kappa shape index (κ3) is 4.43. The van der Waals surface area contributed by atoms with E-state index >= 15 is 0 Å². The average Bonchev–Trinajstić information content (AvgIpc) is 2.68. The molecule has 3 nitrogen and oxygen atoms in total. The van der Waals surface area contributed by atoms with Gasteiger partial charge in [-0.1, -0.05) is 38.5 Å². The first-order valence-corrected chi connectivity index (χ1v) is 6.66. The van der Waals surface area contributed by atoms with Gasteiger partial charge in [-0.05, 0) is 30.4 Å². The van der Waals surface area contributed by atoms with E-state index in [1.807, 2.05) is 30.3 Å². The molecule has 1 amide bonds. The minimum Gasteiger partial charge on any atom is -0.376 e. The topological polar surface area (TPSA) is 41.1 Å². The van der Waals surface area contributed by atoms with Gasteiger partial charge in [0.1, 0.15) is 0 Å². The van der Waals surface area contributed by atoms with Crippen LogP contribution in [0.5, 0.6) is 0 Å². The van der Waals surface area contributed by atoms with Gasteiger partial charge in [-0.2, -0.15) is 0 Å². The highest BCUT2D eigenvalue weighted by Crippen LogP contribution is 2.37. The van der Waals surface area contributed by atoms with Crippen LogP contribution in [0.25, 0.3) is 0 Å². The van der Waals surface area contributed by atoms with Crippen molar-refractivity contribution in [2.45, 2.75) is 39.2 Å². The third-order valence-corrected chi connectivity index (χ3v) is 3.82. The molecular formula is C15H23ClN2O. The van der Waals surface area contributed by atoms with Crippen molar-refractivity contribution in [1.82, 2.24) is 5.32 Å². The van der Waals surface area contributed by atoms with Gasteiger partial charge in [0.15, 0.2) is 0 Å². The van der Waals surface area contributed by atoms with Crippen LogP contribution in [0.15, 0.2) is 30.3 Å².